The van der Waals surface area contributed by atoms with Gasteiger partial charge in [-0.3, -0.25) is 4.31 Å². The third-order valence-corrected chi connectivity index (χ3v) is 7.89. The zero-order chi connectivity index (χ0) is 26.4. The van der Waals surface area contributed by atoms with Gasteiger partial charge in [0.25, 0.3) is 0 Å². The Balaban J connectivity index is 1.48. The van der Waals surface area contributed by atoms with Crippen LogP contribution in [0.2, 0.25) is 0 Å². The summed E-state index contributed by atoms with van der Waals surface area (Å²) in [5, 5.41) is 0.819. The minimum Gasteiger partial charge on any atom is -0.457 e. The second-order valence-corrected chi connectivity index (χ2v) is 11.3. The molecule has 0 fully saturated rings. The van der Waals surface area contributed by atoms with Gasteiger partial charge in [0, 0.05) is 35.0 Å². The minimum absolute atomic E-state index is 0.239. The van der Waals surface area contributed by atoms with Gasteiger partial charge in [0.15, 0.2) is 0 Å². The molecule has 9 heteroatoms. The van der Waals surface area contributed by atoms with E-state index in [1.54, 1.807) is 18.5 Å². The van der Waals surface area contributed by atoms with Crippen LogP contribution in [0.3, 0.4) is 0 Å². The van der Waals surface area contributed by atoms with E-state index < -0.39 is 10.0 Å². The Kier molecular flexibility index (Phi) is 5.97. The fraction of sp³-hybridized carbons (Fsp3) is 0.207. The lowest BCUT2D eigenvalue weighted by molar-refractivity contribution is 0.0769. The van der Waals surface area contributed by atoms with Crippen molar-refractivity contribution in [3.05, 3.63) is 84.2 Å². The molecule has 0 amide bonds. The molecule has 1 atom stereocenters. The van der Waals surface area contributed by atoms with E-state index in [9.17, 15) is 8.42 Å². The maximum atomic E-state index is 12.6. The number of hydrogen-bond donors (Lipinski definition) is 1. The minimum atomic E-state index is -3.51. The van der Waals surface area contributed by atoms with Crippen LogP contribution in [0.4, 0.5) is 5.69 Å². The molecular formula is C29H27N3O5S. The molecule has 5 aromatic rings. The maximum absolute atomic E-state index is 12.6. The van der Waals surface area contributed by atoms with Crippen LogP contribution in [-0.4, -0.2) is 37.8 Å². The van der Waals surface area contributed by atoms with Crippen LogP contribution in [0, 0.1) is 6.92 Å². The van der Waals surface area contributed by atoms with Crippen LogP contribution in [-0.2, 0) is 14.8 Å². The first-order valence-corrected chi connectivity index (χ1v) is 14.2. The highest BCUT2D eigenvalue weighted by Crippen LogP contribution is 2.44. The topological polar surface area (TPSA) is 97.7 Å². The second kappa shape index (κ2) is 9.34. The number of furan rings is 1. The van der Waals surface area contributed by atoms with Crippen molar-refractivity contribution in [3.8, 4) is 34.2 Å². The molecule has 8 nitrogen and oxygen atoms in total. The van der Waals surface area contributed by atoms with Gasteiger partial charge >= 0.3 is 0 Å². The normalized spacial score (nSPS) is 15.9. The lowest BCUT2D eigenvalue weighted by Gasteiger charge is -2.22. The maximum Gasteiger partial charge on any atom is 0.232 e. The number of sulfonamides is 1. The van der Waals surface area contributed by atoms with E-state index in [1.165, 1.54) is 16.1 Å². The smallest absolute Gasteiger partial charge is 0.232 e. The van der Waals surface area contributed by atoms with Crippen LogP contribution in [0.5, 0.6) is 11.5 Å². The molecule has 6 rings (SSSR count). The number of aryl methyl sites for hydroxylation is 1. The average Bonchev–Trinajstić information content (AvgIpc) is 3.50. The van der Waals surface area contributed by atoms with Gasteiger partial charge in [0.1, 0.15) is 28.7 Å². The lowest BCUT2D eigenvalue weighted by Crippen LogP contribution is -2.32. The van der Waals surface area contributed by atoms with Crippen molar-refractivity contribution in [1.29, 1.82) is 0 Å². The number of anilines is 1. The summed E-state index contributed by atoms with van der Waals surface area (Å²) < 4.78 is 45.0. The molecule has 2 aromatic heterocycles. The lowest BCUT2D eigenvalue weighted by atomic mass is 10.0. The third kappa shape index (κ3) is 4.44. The molecule has 0 bridgehead atoms. The Morgan fingerprint density at radius 3 is 2.42 bits per heavy atom. The van der Waals surface area contributed by atoms with Gasteiger partial charge in [0.05, 0.1) is 36.8 Å². The van der Waals surface area contributed by atoms with Gasteiger partial charge in [0.2, 0.25) is 10.0 Å². The highest BCUT2D eigenvalue weighted by Gasteiger charge is 2.29. The number of H-pyrrole nitrogens is 1. The number of ether oxygens (including phenoxy) is 2. The van der Waals surface area contributed by atoms with Crippen molar-refractivity contribution < 1.29 is 22.3 Å². The average molecular weight is 530 g/mol. The molecule has 0 radical (unpaired) electrons. The third-order valence-electron chi connectivity index (χ3n) is 6.71. The molecule has 0 aliphatic carbocycles. The predicted molar refractivity (Wildman–Crippen MR) is 147 cm³/mol. The Morgan fingerprint density at radius 2 is 1.76 bits per heavy atom. The van der Waals surface area contributed by atoms with Gasteiger partial charge in [-0.25, -0.2) is 13.4 Å². The first-order valence-electron chi connectivity index (χ1n) is 12.3. The van der Waals surface area contributed by atoms with E-state index in [4.69, 9.17) is 13.9 Å². The molecule has 3 heterocycles. The summed E-state index contributed by atoms with van der Waals surface area (Å²) in [5.41, 5.74) is 4.71. The predicted octanol–water partition coefficient (Wildman–Crippen LogP) is 6.45. The number of rotatable bonds is 5. The molecule has 0 saturated carbocycles. The molecular weight excluding hydrogens is 502 g/mol. The van der Waals surface area contributed by atoms with Crippen molar-refractivity contribution in [2.45, 2.75) is 20.0 Å². The fourth-order valence-electron chi connectivity index (χ4n) is 4.81. The SMILES string of the molecule is Cc1ccc(Oc2ccc(-c3oc4cc5c(cc4c3-c3ncc[nH]3)C(C)OCCN5S(C)(=O)=O)cc2)cc1. The highest BCUT2D eigenvalue weighted by atomic mass is 32.2. The van der Waals surface area contributed by atoms with E-state index in [-0.39, 0.29) is 12.6 Å². The zero-order valence-corrected chi connectivity index (χ0v) is 22.1. The van der Waals surface area contributed by atoms with Gasteiger partial charge in [-0.2, -0.15) is 0 Å². The van der Waals surface area contributed by atoms with Crippen molar-refractivity contribution in [1.82, 2.24) is 9.97 Å². The monoisotopic (exact) mass is 529 g/mol. The first kappa shape index (κ1) is 24.3. The van der Waals surface area contributed by atoms with Gasteiger partial charge in [-0.15, -0.1) is 0 Å². The molecule has 1 N–H and O–H groups in total. The summed E-state index contributed by atoms with van der Waals surface area (Å²) in [6.45, 7) is 4.50. The molecule has 1 unspecified atom stereocenters. The molecule has 194 valence electrons. The quantitative estimate of drug-likeness (QED) is 0.281. The molecule has 3 aromatic carbocycles. The van der Waals surface area contributed by atoms with E-state index in [0.29, 0.717) is 35.2 Å². The van der Waals surface area contributed by atoms with Gasteiger partial charge < -0.3 is 18.9 Å². The summed E-state index contributed by atoms with van der Waals surface area (Å²) in [5.74, 6) is 2.74. The summed E-state index contributed by atoms with van der Waals surface area (Å²) in [7, 11) is -3.51. The van der Waals surface area contributed by atoms with Gasteiger partial charge in [-0.1, -0.05) is 17.7 Å². The van der Waals surface area contributed by atoms with Crippen molar-refractivity contribution in [2.24, 2.45) is 0 Å². The number of aromatic nitrogens is 2. The van der Waals surface area contributed by atoms with E-state index >= 15 is 0 Å². The van der Waals surface area contributed by atoms with Crippen LogP contribution in [0.25, 0.3) is 33.7 Å². The zero-order valence-electron chi connectivity index (χ0n) is 21.3. The summed E-state index contributed by atoms with van der Waals surface area (Å²) in [6.07, 6.45) is 4.37. The molecule has 1 aliphatic heterocycles. The molecule has 1 aliphatic rings. The summed E-state index contributed by atoms with van der Waals surface area (Å²) in [4.78, 5) is 7.70. The number of nitrogens with zero attached hydrogens (tertiary/aromatic N) is 2. The number of benzene rings is 3. The number of imidazole rings is 1. The number of nitrogens with one attached hydrogen (secondary N) is 1. The summed E-state index contributed by atoms with van der Waals surface area (Å²) >= 11 is 0. The largest absolute Gasteiger partial charge is 0.457 e. The Hall–Kier alpha value is -4.08. The van der Waals surface area contributed by atoms with Gasteiger partial charge in [-0.05, 0) is 56.3 Å². The van der Waals surface area contributed by atoms with E-state index in [1.807, 2.05) is 68.4 Å². The van der Waals surface area contributed by atoms with E-state index in [0.717, 1.165) is 27.8 Å². The van der Waals surface area contributed by atoms with Crippen LogP contribution in [0.15, 0.2) is 77.5 Å². The standard InChI is InChI=1S/C29H27N3O5S/c1-18-4-8-21(9-5-18)36-22-10-6-20(7-11-22)28-27(29-30-12-13-31-29)24-16-23-19(2)35-15-14-32(38(3,33)34)25(23)17-26(24)37-28/h4-13,16-17,19H,14-15H2,1-3H3,(H,30,31). The number of aromatic amines is 1. The molecule has 38 heavy (non-hydrogen) atoms. The van der Waals surface area contributed by atoms with Crippen molar-refractivity contribution in [3.63, 3.8) is 0 Å². The fourth-order valence-corrected chi connectivity index (χ4v) is 5.74. The number of hydrogen-bond acceptors (Lipinski definition) is 6. The second-order valence-electron chi connectivity index (χ2n) is 9.44. The van der Waals surface area contributed by atoms with Crippen LogP contribution < -0.4 is 9.04 Å². The Morgan fingerprint density at radius 1 is 1.05 bits per heavy atom. The van der Waals surface area contributed by atoms with E-state index in [2.05, 4.69) is 9.97 Å². The Bertz CT molecular complexity index is 1710. The van der Waals surface area contributed by atoms with Crippen LogP contribution >= 0.6 is 0 Å². The number of fused-ring (bicyclic) bond motifs is 2. The van der Waals surface area contributed by atoms with Crippen LogP contribution in [0.1, 0.15) is 24.2 Å². The summed E-state index contributed by atoms with van der Waals surface area (Å²) in [6, 6.07) is 19.3. The van der Waals surface area contributed by atoms with Crippen molar-refractivity contribution >= 4 is 26.7 Å². The highest BCUT2D eigenvalue weighted by molar-refractivity contribution is 7.92. The molecule has 0 spiro atoms. The van der Waals surface area contributed by atoms with Crippen molar-refractivity contribution in [2.75, 3.05) is 23.7 Å². The Labute approximate surface area is 220 Å². The molecule has 0 saturated heterocycles. The first-order chi connectivity index (χ1) is 18.3.